The number of benzene rings is 4. The zero-order valence-corrected chi connectivity index (χ0v) is 50.2. The average molecular weight is 1170 g/mol. The topological polar surface area (TPSA) is 244 Å². The normalized spacial score (nSPS) is 20.7. The van der Waals surface area contributed by atoms with E-state index in [4.69, 9.17) is 44.2 Å². The van der Waals surface area contributed by atoms with Gasteiger partial charge in [0.1, 0.15) is 24.7 Å². The summed E-state index contributed by atoms with van der Waals surface area (Å²) in [7, 11) is -6.44. The lowest BCUT2D eigenvalue weighted by molar-refractivity contribution is -0.105. The third-order valence-corrected chi connectivity index (χ3v) is 26.7. The van der Waals surface area contributed by atoms with Crippen LogP contribution in [0.4, 0.5) is 11.9 Å². The van der Waals surface area contributed by atoms with Crippen molar-refractivity contribution in [2.24, 2.45) is 5.92 Å². The van der Waals surface area contributed by atoms with Crippen molar-refractivity contribution in [2.75, 3.05) is 30.4 Å². The first-order chi connectivity index (χ1) is 38.7. The minimum atomic E-state index is -4.24. The molecule has 2 aliphatic heterocycles. The molecule has 1 unspecified atom stereocenters. The van der Waals surface area contributed by atoms with E-state index < -0.39 is 81.4 Å². The lowest BCUT2D eigenvalue weighted by atomic mass is 10.2. The highest BCUT2D eigenvalue weighted by molar-refractivity contribution is 8.07. The maximum atomic E-state index is 13.5. The summed E-state index contributed by atoms with van der Waals surface area (Å²) in [5, 5.41) is 9.01. The molecule has 4 aromatic heterocycles. The van der Waals surface area contributed by atoms with E-state index in [0.29, 0.717) is 24.6 Å². The van der Waals surface area contributed by atoms with Gasteiger partial charge in [-0.25, -0.2) is 9.97 Å². The molecule has 0 aliphatic carbocycles. The van der Waals surface area contributed by atoms with Gasteiger partial charge in [0.15, 0.2) is 22.3 Å². The molecular formula is C57H69N10O10PSSi2. The highest BCUT2D eigenvalue weighted by Crippen LogP contribution is 2.51. The maximum absolute atomic E-state index is 13.5. The Morgan fingerprint density at radius 3 is 1.58 bits per heavy atom. The Morgan fingerprint density at radius 2 is 1.12 bits per heavy atom. The number of nitrogens with zero attached hydrogens (tertiary/aromatic N) is 6. The molecule has 0 saturated carbocycles. The van der Waals surface area contributed by atoms with Gasteiger partial charge in [-0.2, -0.15) is 9.97 Å². The third-order valence-electron chi connectivity index (χ3n) is 15.0. The lowest BCUT2D eigenvalue weighted by Crippen LogP contribution is -2.68. The molecule has 0 radical (unpaired) electrons. The van der Waals surface area contributed by atoms with Crippen molar-refractivity contribution in [3.8, 4) is 0 Å². The summed E-state index contributed by atoms with van der Waals surface area (Å²) in [4.78, 5) is 74.1. The Kier molecular flexibility index (Phi) is 16.8. The number of imidazole rings is 2. The third kappa shape index (κ3) is 11.7. The van der Waals surface area contributed by atoms with Gasteiger partial charge in [0.05, 0.1) is 38.1 Å². The molecule has 8 aromatic rings. The van der Waals surface area contributed by atoms with Crippen LogP contribution in [-0.4, -0.2) is 111 Å². The smallest absolute Gasteiger partial charge is 0.324 e. The number of hydrogen-bond donors (Lipinski definition) is 5. The monoisotopic (exact) mass is 1170 g/mol. The Balaban J connectivity index is 0.999. The second-order valence-electron chi connectivity index (χ2n) is 22.9. The van der Waals surface area contributed by atoms with Crippen LogP contribution in [0.2, 0.25) is 10.1 Å². The molecule has 81 heavy (non-hydrogen) atoms. The number of fused-ring (bicyclic) bond motifs is 2. The first-order valence-corrected chi connectivity index (χ1v) is 33.5. The van der Waals surface area contributed by atoms with Crippen molar-refractivity contribution in [2.45, 2.75) is 115 Å². The molecule has 2 fully saturated rings. The van der Waals surface area contributed by atoms with Gasteiger partial charge in [-0.1, -0.05) is 177 Å². The number of carbonyl (C=O) groups excluding carboxylic acids is 1. The Labute approximate surface area is 476 Å². The van der Waals surface area contributed by atoms with Gasteiger partial charge in [-0.3, -0.25) is 38.8 Å². The van der Waals surface area contributed by atoms with E-state index in [1.54, 1.807) is 15.5 Å². The molecule has 0 bridgehead atoms. The first-order valence-electron chi connectivity index (χ1n) is 27.1. The number of nitrogens with one attached hydrogen (secondary N) is 4. The number of amides is 1. The summed E-state index contributed by atoms with van der Waals surface area (Å²) in [6.07, 6.45) is -1.20. The van der Waals surface area contributed by atoms with Crippen LogP contribution in [0.3, 0.4) is 0 Å². The summed E-state index contributed by atoms with van der Waals surface area (Å²) in [5.41, 5.74) is -0.335. The van der Waals surface area contributed by atoms with Crippen molar-refractivity contribution in [1.29, 1.82) is 0 Å². The second-order valence-corrected chi connectivity index (χ2v) is 34.3. The average Bonchev–Trinajstić information content (AvgIpc) is 4.39. The number of H-pyrrole nitrogens is 2. The number of aromatic nitrogens is 8. The van der Waals surface area contributed by atoms with E-state index in [2.05, 4.69) is 139 Å². The molecular weight excluding hydrogens is 1100 g/mol. The van der Waals surface area contributed by atoms with E-state index in [9.17, 15) is 19.3 Å². The fourth-order valence-corrected chi connectivity index (χ4v) is 22.1. The molecule has 2 saturated heterocycles. The zero-order valence-electron chi connectivity index (χ0n) is 46.5. The SMILES string of the molecule is CC(C)CNc1nc2c(ncn2[C@H]2C[C@H](O[Si](c3ccccc3)(c3ccccc3)C(C)(C)C)[C@@H](COP(O)(=S)O[C@H]3C[C@H](n4cnc5c(=O)[nH]c(NC=O)nc54)O[C@@H]3CO[Si](c3ccccc3)(c3ccccc3)C(C)(C)C)O2)c(=O)[nH]1. The van der Waals surface area contributed by atoms with Crippen LogP contribution in [0.15, 0.2) is 144 Å². The Morgan fingerprint density at radius 1 is 0.691 bits per heavy atom. The summed E-state index contributed by atoms with van der Waals surface area (Å²) >= 11 is 5.98. The van der Waals surface area contributed by atoms with Crippen molar-refractivity contribution in [3.63, 3.8) is 0 Å². The van der Waals surface area contributed by atoms with Gasteiger partial charge in [-0.15, -0.1) is 0 Å². The van der Waals surface area contributed by atoms with Crippen molar-refractivity contribution in [3.05, 3.63) is 155 Å². The van der Waals surface area contributed by atoms with Crippen LogP contribution in [0, 0.1) is 5.92 Å². The van der Waals surface area contributed by atoms with E-state index in [1.807, 2.05) is 72.8 Å². The molecule has 7 atom stereocenters. The van der Waals surface area contributed by atoms with Crippen LogP contribution in [0.1, 0.15) is 80.7 Å². The summed E-state index contributed by atoms with van der Waals surface area (Å²) < 4.78 is 45.4. The molecule has 5 N–H and O–H groups in total. The minimum Gasteiger partial charge on any atom is -0.405 e. The summed E-state index contributed by atoms with van der Waals surface area (Å²) in [6, 6.07) is 40.9. The maximum Gasteiger partial charge on any atom is 0.324 e. The number of ether oxygens (including phenoxy) is 2. The molecule has 24 heteroatoms. The van der Waals surface area contributed by atoms with Crippen LogP contribution < -0.4 is 42.5 Å². The highest BCUT2D eigenvalue weighted by Gasteiger charge is 2.55. The fraction of sp³-hybridized carbons (Fsp3) is 0.386. The molecule has 20 nitrogen and oxygen atoms in total. The Bertz CT molecular complexity index is 3560. The summed E-state index contributed by atoms with van der Waals surface area (Å²) in [6.45, 7) is 13.3. The van der Waals surface area contributed by atoms with E-state index in [-0.39, 0.29) is 54.6 Å². The number of carbonyl (C=O) groups is 1. The Hall–Kier alpha value is -6.35. The van der Waals surface area contributed by atoms with Gasteiger partial charge >= 0.3 is 6.72 Å². The highest BCUT2D eigenvalue weighted by atomic mass is 32.5. The number of anilines is 2. The van der Waals surface area contributed by atoms with Crippen LogP contribution in [0.25, 0.3) is 22.3 Å². The second kappa shape index (κ2) is 23.5. The van der Waals surface area contributed by atoms with Crippen molar-refractivity contribution >= 4 is 96.5 Å². The predicted molar refractivity (Wildman–Crippen MR) is 320 cm³/mol. The van der Waals surface area contributed by atoms with E-state index in [1.165, 1.54) is 6.33 Å². The van der Waals surface area contributed by atoms with E-state index >= 15 is 0 Å². The lowest BCUT2D eigenvalue weighted by Gasteiger charge is -2.45. The molecule has 426 valence electrons. The van der Waals surface area contributed by atoms with Crippen molar-refractivity contribution in [1.82, 2.24) is 39.0 Å². The van der Waals surface area contributed by atoms with Gasteiger partial charge in [0, 0.05) is 19.4 Å². The van der Waals surface area contributed by atoms with Crippen molar-refractivity contribution < 1.29 is 37.1 Å². The predicted octanol–water partition coefficient (Wildman–Crippen LogP) is 6.60. The number of aromatic amines is 2. The molecule has 10 rings (SSSR count). The molecule has 2 aliphatic rings. The fourth-order valence-electron chi connectivity index (χ4n) is 11.3. The standard InChI is InChI=1S/C57H69N10O10PSSi2/c1-37(2)31-58-54-62-50-48(52(69)64-54)60-35-67(50)47-30-43(77-81(57(6,7)8,40-25-17-11-18-26-40)41-27-19-12-20-28-41)44(74-47)32-72-78(71,79)76-42-29-46(66-34-59-49-51(66)63-55(61-36-68)65-53(49)70)75-45(42)33-73-80(56(3,4)5,38-21-13-9-14-22-38)39-23-15-10-16-24-39/h9-28,34-37,42-47H,29-33H2,1-8H3,(H,71,79)(H2,58,62,64,69)(H2,61,63,65,68,70)/t42-,43-,44+,45+,46+,47+,78?/m0/s1. The number of hydrogen-bond acceptors (Lipinski definition) is 15. The largest absolute Gasteiger partial charge is 0.405 e. The molecule has 4 aromatic carbocycles. The van der Waals surface area contributed by atoms with Gasteiger partial charge in [-0.05, 0) is 48.5 Å². The quantitative estimate of drug-likeness (QED) is 0.0289. The minimum absolute atomic E-state index is 0.00534. The summed E-state index contributed by atoms with van der Waals surface area (Å²) in [5.74, 6) is 0.504. The zero-order chi connectivity index (χ0) is 57.3. The van der Waals surface area contributed by atoms with Crippen LogP contribution >= 0.6 is 6.72 Å². The van der Waals surface area contributed by atoms with Gasteiger partial charge in [0.25, 0.3) is 27.8 Å². The molecule has 0 spiro atoms. The van der Waals surface area contributed by atoms with Gasteiger partial charge in [0.2, 0.25) is 18.3 Å². The van der Waals surface area contributed by atoms with Crippen LogP contribution in [0.5, 0.6) is 0 Å². The van der Waals surface area contributed by atoms with E-state index in [0.717, 1.165) is 20.7 Å². The van der Waals surface area contributed by atoms with Crippen LogP contribution in [-0.2, 0) is 44.0 Å². The molecule has 1 amide bonds. The molecule has 6 heterocycles. The number of rotatable bonds is 21. The first kappa shape index (κ1) is 57.9. The van der Waals surface area contributed by atoms with Gasteiger partial charge < -0.3 is 37.6 Å².